The molecule has 1 aliphatic heterocycles. The largest absolute Gasteiger partial charge is 0.355 e. The number of nitrogens with one attached hydrogen (secondary N) is 2. The number of hydrogen-bond acceptors (Lipinski definition) is 2. The number of halogens is 2. The van der Waals surface area contributed by atoms with Crippen molar-refractivity contribution in [3.05, 3.63) is 34.1 Å². The lowest BCUT2D eigenvalue weighted by molar-refractivity contribution is -0.126. The summed E-state index contributed by atoms with van der Waals surface area (Å²) in [6.45, 7) is 3.36. The summed E-state index contributed by atoms with van der Waals surface area (Å²) < 4.78 is 13.7. The standard InChI is InChI=1S/C13H16BrFN2O/c1-8-4-5-16-13(18)12(8)17-7-9-2-3-10(15)6-11(9)14/h2-3,6,8,12,17H,4-5,7H2,1H3,(H,16,18)/t8-,12+/m0/s1. The molecule has 0 aliphatic carbocycles. The summed E-state index contributed by atoms with van der Waals surface area (Å²) in [5.41, 5.74) is 0.946. The van der Waals surface area contributed by atoms with Crippen LogP contribution in [0.3, 0.4) is 0 Å². The average Bonchev–Trinajstić information content (AvgIpc) is 2.31. The zero-order valence-electron chi connectivity index (χ0n) is 10.2. The molecule has 0 spiro atoms. The molecule has 98 valence electrons. The predicted molar refractivity (Wildman–Crippen MR) is 71.5 cm³/mol. The molecule has 1 saturated heterocycles. The summed E-state index contributed by atoms with van der Waals surface area (Å²) in [6, 6.07) is 4.40. The van der Waals surface area contributed by atoms with Gasteiger partial charge in [0, 0.05) is 17.6 Å². The van der Waals surface area contributed by atoms with Crippen molar-refractivity contribution in [1.82, 2.24) is 10.6 Å². The van der Waals surface area contributed by atoms with Crippen LogP contribution in [0.1, 0.15) is 18.9 Å². The van der Waals surface area contributed by atoms with E-state index in [9.17, 15) is 9.18 Å². The minimum atomic E-state index is -0.269. The molecule has 1 fully saturated rings. The van der Waals surface area contributed by atoms with Crippen LogP contribution in [0.25, 0.3) is 0 Å². The third kappa shape index (κ3) is 3.09. The number of piperidine rings is 1. The molecular formula is C13H16BrFN2O. The lowest BCUT2D eigenvalue weighted by atomic mass is 9.94. The van der Waals surface area contributed by atoms with Crippen molar-refractivity contribution in [2.45, 2.75) is 25.9 Å². The van der Waals surface area contributed by atoms with Gasteiger partial charge in [-0.1, -0.05) is 28.9 Å². The van der Waals surface area contributed by atoms with E-state index >= 15 is 0 Å². The molecule has 1 heterocycles. The molecule has 18 heavy (non-hydrogen) atoms. The van der Waals surface area contributed by atoms with Crippen LogP contribution in [0.5, 0.6) is 0 Å². The van der Waals surface area contributed by atoms with Gasteiger partial charge in [-0.2, -0.15) is 0 Å². The van der Waals surface area contributed by atoms with Gasteiger partial charge in [-0.05, 0) is 30.0 Å². The maximum atomic E-state index is 13.0. The highest BCUT2D eigenvalue weighted by Gasteiger charge is 2.28. The smallest absolute Gasteiger partial charge is 0.237 e. The van der Waals surface area contributed by atoms with Gasteiger partial charge in [-0.3, -0.25) is 4.79 Å². The Kier molecular flexibility index (Phi) is 4.35. The predicted octanol–water partition coefficient (Wildman–Crippen LogP) is 2.20. The van der Waals surface area contributed by atoms with Crippen molar-refractivity contribution in [3.63, 3.8) is 0 Å². The fourth-order valence-corrected chi connectivity index (χ4v) is 2.63. The Morgan fingerprint density at radius 3 is 3.00 bits per heavy atom. The first kappa shape index (κ1) is 13.5. The lowest BCUT2D eigenvalue weighted by Gasteiger charge is -2.29. The average molecular weight is 315 g/mol. The van der Waals surface area contributed by atoms with Gasteiger partial charge in [-0.15, -0.1) is 0 Å². The Bertz CT molecular complexity index is 453. The Morgan fingerprint density at radius 2 is 2.33 bits per heavy atom. The molecule has 0 bridgehead atoms. The third-order valence-corrected chi connectivity index (χ3v) is 4.02. The molecule has 1 aromatic rings. The Hall–Kier alpha value is -0.940. The normalized spacial score (nSPS) is 23.8. The van der Waals surface area contributed by atoms with E-state index in [-0.39, 0.29) is 17.8 Å². The highest BCUT2D eigenvalue weighted by atomic mass is 79.9. The van der Waals surface area contributed by atoms with Gasteiger partial charge in [0.2, 0.25) is 5.91 Å². The number of carbonyl (C=O) groups excluding carboxylic acids is 1. The first-order valence-electron chi connectivity index (χ1n) is 6.03. The summed E-state index contributed by atoms with van der Waals surface area (Å²) in [7, 11) is 0. The van der Waals surface area contributed by atoms with E-state index in [0.29, 0.717) is 12.5 Å². The van der Waals surface area contributed by atoms with Crippen molar-refractivity contribution < 1.29 is 9.18 Å². The first-order valence-corrected chi connectivity index (χ1v) is 6.82. The van der Waals surface area contributed by atoms with Crippen LogP contribution >= 0.6 is 15.9 Å². The molecule has 0 saturated carbocycles. The van der Waals surface area contributed by atoms with Crippen molar-refractivity contribution in [1.29, 1.82) is 0 Å². The van der Waals surface area contributed by atoms with Crippen LogP contribution in [0.2, 0.25) is 0 Å². The first-order chi connectivity index (χ1) is 8.58. The summed E-state index contributed by atoms with van der Waals surface area (Å²) in [4.78, 5) is 11.7. The Morgan fingerprint density at radius 1 is 1.56 bits per heavy atom. The van der Waals surface area contributed by atoms with Crippen LogP contribution in [-0.4, -0.2) is 18.5 Å². The summed E-state index contributed by atoms with van der Waals surface area (Å²) >= 11 is 3.32. The molecule has 5 heteroatoms. The maximum Gasteiger partial charge on any atom is 0.237 e. The zero-order chi connectivity index (χ0) is 13.1. The second-order valence-electron chi connectivity index (χ2n) is 4.65. The molecule has 0 radical (unpaired) electrons. The van der Waals surface area contributed by atoms with Crippen molar-refractivity contribution in [3.8, 4) is 0 Å². The molecule has 2 rings (SSSR count). The Labute approximate surface area is 114 Å². The SMILES string of the molecule is C[C@H]1CCNC(=O)[C@@H]1NCc1ccc(F)cc1Br. The number of benzene rings is 1. The minimum absolute atomic E-state index is 0.0481. The van der Waals surface area contributed by atoms with E-state index in [4.69, 9.17) is 0 Å². The number of carbonyl (C=O) groups is 1. The quantitative estimate of drug-likeness (QED) is 0.898. The molecular weight excluding hydrogens is 299 g/mol. The fourth-order valence-electron chi connectivity index (χ4n) is 2.14. The maximum absolute atomic E-state index is 13.0. The number of hydrogen-bond donors (Lipinski definition) is 2. The van der Waals surface area contributed by atoms with Gasteiger partial charge >= 0.3 is 0 Å². The summed E-state index contributed by atoms with van der Waals surface area (Å²) in [5.74, 6) is 0.0966. The zero-order valence-corrected chi connectivity index (χ0v) is 11.8. The van der Waals surface area contributed by atoms with E-state index in [0.717, 1.165) is 23.0 Å². The van der Waals surface area contributed by atoms with Gasteiger partial charge in [0.15, 0.2) is 0 Å². The molecule has 1 aliphatic rings. The van der Waals surface area contributed by atoms with Crippen LogP contribution in [0.15, 0.2) is 22.7 Å². The molecule has 2 N–H and O–H groups in total. The molecule has 1 aromatic carbocycles. The molecule has 3 nitrogen and oxygen atoms in total. The van der Waals surface area contributed by atoms with Gasteiger partial charge < -0.3 is 10.6 Å². The molecule has 0 unspecified atom stereocenters. The van der Waals surface area contributed by atoms with E-state index in [1.54, 1.807) is 6.07 Å². The Balaban J connectivity index is 2.00. The van der Waals surface area contributed by atoms with Crippen LogP contribution in [0, 0.1) is 11.7 Å². The number of rotatable bonds is 3. The highest BCUT2D eigenvalue weighted by Crippen LogP contribution is 2.19. The second kappa shape index (κ2) is 5.80. The van der Waals surface area contributed by atoms with Gasteiger partial charge in [0.05, 0.1) is 6.04 Å². The molecule has 2 atom stereocenters. The monoisotopic (exact) mass is 314 g/mol. The summed E-state index contributed by atoms with van der Waals surface area (Å²) in [5, 5.41) is 6.08. The molecule has 1 amide bonds. The van der Waals surface area contributed by atoms with Crippen molar-refractivity contribution >= 4 is 21.8 Å². The van der Waals surface area contributed by atoms with Gasteiger partial charge in [0.25, 0.3) is 0 Å². The topological polar surface area (TPSA) is 41.1 Å². The third-order valence-electron chi connectivity index (χ3n) is 3.28. The van der Waals surface area contributed by atoms with E-state index in [1.165, 1.54) is 12.1 Å². The second-order valence-corrected chi connectivity index (χ2v) is 5.51. The van der Waals surface area contributed by atoms with Crippen LogP contribution in [0.4, 0.5) is 4.39 Å². The van der Waals surface area contributed by atoms with Crippen molar-refractivity contribution in [2.24, 2.45) is 5.92 Å². The van der Waals surface area contributed by atoms with Gasteiger partial charge in [0.1, 0.15) is 5.82 Å². The van der Waals surface area contributed by atoms with Crippen molar-refractivity contribution in [2.75, 3.05) is 6.54 Å². The van der Waals surface area contributed by atoms with Crippen LogP contribution in [-0.2, 0) is 11.3 Å². The van der Waals surface area contributed by atoms with E-state index in [2.05, 4.69) is 33.5 Å². The van der Waals surface area contributed by atoms with Gasteiger partial charge in [-0.25, -0.2) is 4.39 Å². The van der Waals surface area contributed by atoms with E-state index < -0.39 is 0 Å². The lowest BCUT2D eigenvalue weighted by Crippen LogP contribution is -2.52. The summed E-state index contributed by atoms with van der Waals surface area (Å²) in [6.07, 6.45) is 0.980. The fraction of sp³-hybridized carbons (Fsp3) is 0.462. The van der Waals surface area contributed by atoms with E-state index in [1.807, 2.05) is 0 Å². The van der Waals surface area contributed by atoms with Crippen LogP contribution < -0.4 is 10.6 Å². The highest BCUT2D eigenvalue weighted by molar-refractivity contribution is 9.10. The minimum Gasteiger partial charge on any atom is -0.355 e. The molecule has 0 aromatic heterocycles. The number of amides is 1.